The normalized spacial score (nSPS) is 13.6. The number of piperidine rings is 1. The van der Waals surface area contributed by atoms with Gasteiger partial charge in [-0.15, -0.1) is 0 Å². The molecule has 0 saturated carbocycles. The van der Waals surface area contributed by atoms with Gasteiger partial charge in [-0.3, -0.25) is 4.79 Å². The van der Waals surface area contributed by atoms with Gasteiger partial charge >= 0.3 is 0 Å². The van der Waals surface area contributed by atoms with Gasteiger partial charge in [0, 0.05) is 49.5 Å². The van der Waals surface area contributed by atoms with Crippen molar-refractivity contribution < 1.29 is 9.59 Å². The molecular formula is C31H35N3O2. The van der Waals surface area contributed by atoms with Crippen LogP contribution in [0.1, 0.15) is 42.5 Å². The van der Waals surface area contributed by atoms with E-state index >= 15 is 0 Å². The Kier molecular flexibility index (Phi) is 9.35. The fourth-order valence-electron chi connectivity index (χ4n) is 4.85. The number of benzene rings is 3. The Balaban J connectivity index is 1.27. The zero-order valence-electron chi connectivity index (χ0n) is 20.8. The van der Waals surface area contributed by atoms with E-state index in [9.17, 15) is 9.59 Å². The lowest BCUT2D eigenvalue weighted by molar-refractivity contribution is 0.0986. The van der Waals surface area contributed by atoms with Crippen molar-refractivity contribution in [2.24, 2.45) is 5.92 Å². The van der Waals surface area contributed by atoms with Crippen LogP contribution in [0.5, 0.6) is 0 Å². The summed E-state index contributed by atoms with van der Waals surface area (Å²) in [5, 5.41) is 3.48. The lowest BCUT2D eigenvalue weighted by Crippen LogP contribution is -2.37. The first kappa shape index (κ1) is 25.3. The van der Waals surface area contributed by atoms with Crippen LogP contribution >= 0.6 is 0 Å². The van der Waals surface area contributed by atoms with Crippen LogP contribution in [-0.4, -0.2) is 42.9 Å². The molecule has 1 amide bonds. The average molecular weight is 482 g/mol. The second-order valence-electron chi connectivity index (χ2n) is 9.32. The number of carbonyl (C=O) groups excluding carboxylic acids is 2. The van der Waals surface area contributed by atoms with E-state index in [1.54, 1.807) is 4.90 Å². The quantitative estimate of drug-likeness (QED) is 0.268. The van der Waals surface area contributed by atoms with Gasteiger partial charge in [0.05, 0.1) is 0 Å². The molecule has 1 N–H and O–H groups in total. The van der Waals surface area contributed by atoms with Crippen LogP contribution in [0.2, 0.25) is 0 Å². The molecular weight excluding hydrogens is 446 g/mol. The van der Waals surface area contributed by atoms with Crippen LogP contribution in [0.25, 0.3) is 0 Å². The number of hydrogen-bond donors (Lipinski definition) is 1. The van der Waals surface area contributed by atoms with Gasteiger partial charge in [-0.2, -0.15) is 0 Å². The van der Waals surface area contributed by atoms with Crippen molar-refractivity contribution >= 4 is 23.2 Å². The third kappa shape index (κ3) is 7.10. The standard InChI is InChI=1S/C31H35N3O2/c35-25-30(33-22-18-26(19-23-33)11-10-21-32-28-14-6-2-7-15-28)20-24-34(29-16-8-3-9-17-29)31(36)27-12-4-1-5-13-27/h1-9,12-17,26,32H,10-11,18-24H2. The van der Waals surface area contributed by atoms with E-state index in [0.29, 0.717) is 30.1 Å². The average Bonchev–Trinajstić information content (AvgIpc) is 2.95. The molecule has 1 fully saturated rings. The molecule has 186 valence electrons. The maximum Gasteiger partial charge on any atom is 0.258 e. The first-order valence-corrected chi connectivity index (χ1v) is 12.9. The van der Waals surface area contributed by atoms with Crippen LogP contribution in [0, 0.1) is 5.92 Å². The van der Waals surface area contributed by atoms with Crippen molar-refractivity contribution in [3.05, 3.63) is 102 Å². The van der Waals surface area contributed by atoms with Gasteiger partial charge in [0.15, 0.2) is 0 Å². The summed E-state index contributed by atoms with van der Waals surface area (Å²) in [7, 11) is 0. The van der Waals surface area contributed by atoms with E-state index < -0.39 is 0 Å². The number of nitrogens with zero attached hydrogens (tertiary/aromatic N) is 2. The Labute approximate surface area is 214 Å². The van der Waals surface area contributed by atoms with Gasteiger partial charge in [0.25, 0.3) is 5.91 Å². The topological polar surface area (TPSA) is 52.7 Å². The number of nitrogens with one attached hydrogen (secondary N) is 1. The molecule has 5 heteroatoms. The number of amides is 1. The van der Waals surface area contributed by atoms with Crippen LogP contribution in [0.4, 0.5) is 11.4 Å². The molecule has 0 aliphatic carbocycles. The zero-order chi connectivity index (χ0) is 25.0. The minimum Gasteiger partial charge on any atom is -0.385 e. The second kappa shape index (κ2) is 13.3. The molecule has 1 aliphatic rings. The summed E-state index contributed by atoms with van der Waals surface area (Å²) < 4.78 is 0. The molecule has 36 heavy (non-hydrogen) atoms. The molecule has 0 radical (unpaired) electrons. The highest BCUT2D eigenvalue weighted by molar-refractivity contribution is 6.06. The van der Waals surface area contributed by atoms with Crippen molar-refractivity contribution in [2.75, 3.05) is 36.4 Å². The van der Waals surface area contributed by atoms with Crippen molar-refractivity contribution in [3.8, 4) is 0 Å². The van der Waals surface area contributed by atoms with Crippen LogP contribution in [-0.2, 0) is 4.79 Å². The van der Waals surface area contributed by atoms with E-state index in [2.05, 4.69) is 28.3 Å². The van der Waals surface area contributed by atoms with Gasteiger partial charge in [-0.05, 0) is 68.0 Å². The Morgan fingerprint density at radius 3 is 2.14 bits per heavy atom. The van der Waals surface area contributed by atoms with E-state index in [-0.39, 0.29) is 5.91 Å². The minimum atomic E-state index is -0.0603. The monoisotopic (exact) mass is 481 g/mol. The van der Waals surface area contributed by atoms with E-state index in [1.165, 1.54) is 12.1 Å². The maximum absolute atomic E-state index is 13.3. The number of likely N-dealkylation sites (tertiary alicyclic amines) is 1. The van der Waals surface area contributed by atoms with Crippen molar-refractivity contribution in [1.29, 1.82) is 0 Å². The van der Waals surface area contributed by atoms with Crippen molar-refractivity contribution in [3.63, 3.8) is 0 Å². The molecule has 1 aliphatic heterocycles. The highest BCUT2D eigenvalue weighted by Gasteiger charge is 2.23. The molecule has 0 spiro atoms. The van der Waals surface area contributed by atoms with Gasteiger partial charge in [-0.25, -0.2) is 4.79 Å². The summed E-state index contributed by atoms with van der Waals surface area (Å²) >= 11 is 0. The van der Waals surface area contributed by atoms with Crippen LogP contribution in [0.3, 0.4) is 0 Å². The lowest BCUT2D eigenvalue weighted by Gasteiger charge is -2.34. The van der Waals surface area contributed by atoms with Crippen LogP contribution in [0.15, 0.2) is 96.7 Å². The summed E-state index contributed by atoms with van der Waals surface area (Å²) in [6.07, 6.45) is 5.00. The summed E-state index contributed by atoms with van der Waals surface area (Å²) in [4.78, 5) is 29.1. The Morgan fingerprint density at radius 2 is 1.50 bits per heavy atom. The van der Waals surface area contributed by atoms with Crippen molar-refractivity contribution in [1.82, 2.24) is 4.90 Å². The van der Waals surface area contributed by atoms with Gasteiger partial charge in [0.1, 0.15) is 11.6 Å². The van der Waals surface area contributed by atoms with Crippen LogP contribution < -0.4 is 10.2 Å². The predicted molar refractivity (Wildman–Crippen MR) is 147 cm³/mol. The number of anilines is 2. The smallest absolute Gasteiger partial charge is 0.258 e. The summed E-state index contributed by atoms with van der Waals surface area (Å²) in [5.74, 6) is 2.81. The van der Waals surface area contributed by atoms with E-state index in [0.717, 1.165) is 44.6 Å². The predicted octanol–water partition coefficient (Wildman–Crippen LogP) is 6.04. The molecule has 0 unspecified atom stereocenters. The third-order valence-corrected chi connectivity index (χ3v) is 6.91. The molecule has 1 heterocycles. The number of hydrogen-bond acceptors (Lipinski definition) is 4. The molecule has 0 aromatic heterocycles. The van der Waals surface area contributed by atoms with Gasteiger partial charge in [0.2, 0.25) is 0 Å². The maximum atomic E-state index is 13.3. The third-order valence-electron chi connectivity index (χ3n) is 6.91. The van der Waals surface area contributed by atoms with E-state index in [1.807, 2.05) is 78.9 Å². The number of carbonyl (C=O) groups is 1. The highest BCUT2D eigenvalue weighted by atomic mass is 16.2. The molecule has 3 aromatic rings. The lowest BCUT2D eigenvalue weighted by atomic mass is 9.92. The van der Waals surface area contributed by atoms with E-state index in [4.69, 9.17) is 0 Å². The fraction of sp³-hybridized carbons (Fsp3) is 0.323. The SMILES string of the molecule is O=C=C(CCN(C(=O)c1ccccc1)c1ccccc1)N1CCC(CCCNc2ccccc2)CC1. The largest absolute Gasteiger partial charge is 0.385 e. The number of rotatable bonds is 11. The minimum absolute atomic E-state index is 0.0603. The second-order valence-corrected chi connectivity index (χ2v) is 9.32. The highest BCUT2D eigenvalue weighted by Crippen LogP contribution is 2.25. The first-order valence-electron chi connectivity index (χ1n) is 12.9. The Morgan fingerprint density at radius 1 is 0.889 bits per heavy atom. The molecule has 0 atom stereocenters. The molecule has 1 saturated heterocycles. The summed E-state index contributed by atoms with van der Waals surface area (Å²) in [5.41, 5.74) is 3.31. The fourth-order valence-corrected chi connectivity index (χ4v) is 4.85. The first-order chi connectivity index (χ1) is 17.7. The zero-order valence-corrected chi connectivity index (χ0v) is 20.8. The Bertz CT molecular complexity index is 1120. The van der Waals surface area contributed by atoms with Gasteiger partial charge in [-0.1, -0.05) is 54.6 Å². The number of para-hydroxylation sites is 2. The van der Waals surface area contributed by atoms with Crippen molar-refractivity contribution in [2.45, 2.75) is 32.1 Å². The Hall–Kier alpha value is -3.82. The van der Waals surface area contributed by atoms with Gasteiger partial charge < -0.3 is 15.1 Å². The molecule has 3 aromatic carbocycles. The molecule has 5 nitrogen and oxygen atoms in total. The summed E-state index contributed by atoms with van der Waals surface area (Å²) in [6.45, 7) is 3.17. The molecule has 0 bridgehead atoms. The summed E-state index contributed by atoms with van der Waals surface area (Å²) in [6, 6.07) is 29.3. The molecule has 4 rings (SSSR count).